The number of halogens is 1. The van der Waals surface area contributed by atoms with Crippen LogP contribution in [0, 0.1) is 13.8 Å². The molecule has 2 rings (SSSR count). The minimum atomic E-state index is -0.458. The van der Waals surface area contributed by atoms with Crippen LogP contribution < -0.4 is 20.3 Å². The van der Waals surface area contributed by atoms with Gasteiger partial charge in [-0.2, -0.15) is 0 Å². The van der Waals surface area contributed by atoms with Crippen LogP contribution >= 0.6 is 15.9 Å². The average molecular weight is 407 g/mol. The second-order valence-corrected chi connectivity index (χ2v) is 6.32. The normalized spacial score (nSPS) is 10.1. The summed E-state index contributed by atoms with van der Waals surface area (Å²) < 4.78 is 11.2. The van der Waals surface area contributed by atoms with Gasteiger partial charge in [0.2, 0.25) is 0 Å². The molecule has 2 amide bonds. The predicted octanol–water partition coefficient (Wildman–Crippen LogP) is 2.91. The van der Waals surface area contributed by atoms with Gasteiger partial charge in [-0.05, 0) is 71.2 Å². The summed E-state index contributed by atoms with van der Waals surface area (Å²) in [5.41, 5.74) is 7.14. The molecule has 0 bridgehead atoms. The van der Waals surface area contributed by atoms with Gasteiger partial charge in [0.1, 0.15) is 11.5 Å². The first-order valence-electron chi connectivity index (χ1n) is 7.53. The van der Waals surface area contributed by atoms with Crippen LogP contribution in [0.25, 0.3) is 0 Å². The van der Waals surface area contributed by atoms with Gasteiger partial charge in [0.05, 0.1) is 11.6 Å². The van der Waals surface area contributed by atoms with Crippen LogP contribution in [-0.4, -0.2) is 25.5 Å². The van der Waals surface area contributed by atoms with Crippen molar-refractivity contribution in [2.24, 2.45) is 0 Å². The number of hydrogen-bond acceptors (Lipinski definition) is 4. The molecular weight excluding hydrogens is 388 g/mol. The maximum atomic E-state index is 12.0. The van der Waals surface area contributed by atoms with E-state index >= 15 is 0 Å². The summed E-state index contributed by atoms with van der Waals surface area (Å²) >= 11 is 3.31. The van der Waals surface area contributed by atoms with Gasteiger partial charge < -0.3 is 9.47 Å². The predicted molar refractivity (Wildman–Crippen MR) is 97.7 cm³/mol. The molecule has 2 aromatic carbocycles. The van der Waals surface area contributed by atoms with E-state index in [0.29, 0.717) is 21.5 Å². The highest BCUT2D eigenvalue weighted by Crippen LogP contribution is 2.25. The summed E-state index contributed by atoms with van der Waals surface area (Å²) in [6.45, 7) is 3.70. The molecule has 0 heterocycles. The molecule has 0 atom stereocenters. The fraction of sp³-hybridized carbons (Fsp3) is 0.222. The Kier molecular flexibility index (Phi) is 6.41. The van der Waals surface area contributed by atoms with Crippen LogP contribution in [0.1, 0.15) is 21.5 Å². The lowest BCUT2D eigenvalue weighted by Crippen LogP contribution is -2.43. The van der Waals surface area contributed by atoms with Gasteiger partial charge in [-0.1, -0.05) is 6.07 Å². The van der Waals surface area contributed by atoms with Crippen molar-refractivity contribution in [3.05, 3.63) is 57.6 Å². The van der Waals surface area contributed by atoms with Gasteiger partial charge in [-0.25, -0.2) is 0 Å². The Labute approximate surface area is 154 Å². The Balaban J connectivity index is 1.85. The van der Waals surface area contributed by atoms with Crippen LogP contribution in [0.15, 0.2) is 40.9 Å². The van der Waals surface area contributed by atoms with Crippen molar-refractivity contribution >= 4 is 27.7 Å². The SMILES string of the molecule is COc1ccc(C(=O)NNC(=O)COc2cc(C)cc(C)c2)cc1Br. The van der Waals surface area contributed by atoms with E-state index in [4.69, 9.17) is 9.47 Å². The molecule has 7 heteroatoms. The largest absolute Gasteiger partial charge is 0.496 e. The van der Waals surface area contributed by atoms with Crippen LogP contribution in [0.4, 0.5) is 0 Å². The van der Waals surface area contributed by atoms with Gasteiger partial charge in [-0.3, -0.25) is 20.4 Å². The molecule has 0 spiro atoms. The third-order valence-electron chi connectivity index (χ3n) is 3.29. The Morgan fingerprint density at radius 2 is 1.72 bits per heavy atom. The summed E-state index contributed by atoms with van der Waals surface area (Å²) in [6, 6.07) is 10.6. The van der Waals surface area contributed by atoms with Crippen LogP contribution in [0.3, 0.4) is 0 Å². The van der Waals surface area contributed by atoms with Gasteiger partial charge >= 0.3 is 0 Å². The number of ether oxygens (including phenoxy) is 2. The third-order valence-corrected chi connectivity index (χ3v) is 3.91. The lowest BCUT2D eigenvalue weighted by molar-refractivity contribution is -0.123. The zero-order valence-electron chi connectivity index (χ0n) is 14.2. The summed E-state index contributed by atoms with van der Waals surface area (Å²) in [5.74, 6) is 0.323. The van der Waals surface area contributed by atoms with Crippen molar-refractivity contribution in [3.8, 4) is 11.5 Å². The standard InChI is InChI=1S/C18H19BrN2O4/c1-11-6-12(2)8-14(7-11)25-10-17(22)20-21-18(23)13-4-5-16(24-3)15(19)9-13/h4-9H,10H2,1-3H3,(H,20,22)(H,21,23). The van der Waals surface area contributed by atoms with Gasteiger partial charge in [0.15, 0.2) is 6.61 Å². The van der Waals surface area contributed by atoms with Crippen molar-refractivity contribution in [3.63, 3.8) is 0 Å². The first-order chi connectivity index (χ1) is 11.9. The first kappa shape index (κ1) is 18.8. The summed E-state index contributed by atoms with van der Waals surface area (Å²) in [7, 11) is 1.54. The maximum absolute atomic E-state index is 12.0. The van der Waals surface area contributed by atoms with E-state index in [1.54, 1.807) is 18.2 Å². The number of hydrogen-bond donors (Lipinski definition) is 2. The molecular formula is C18H19BrN2O4. The van der Waals surface area contributed by atoms with E-state index in [1.165, 1.54) is 7.11 Å². The maximum Gasteiger partial charge on any atom is 0.276 e. The monoisotopic (exact) mass is 406 g/mol. The van der Waals surface area contributed by atoms with Crippen molar-refractivity contribution in [1.82, 2.24) is 10.9 Å². The molecule has 0 aromatic heterocycles. The molecule has 0 fully saturated rings. The highest BCUT2D eigenvalue weighted by atomic mass is 79.9. The van der Waals surface area contributed by atoms with Crippen LogP contribution in [0.5, 0.6) is 11.5 Å². The molecule has 0 aliphatic rings. The quantitative estimate of drug-likeness (QED) is 0.748. The first-order valence-corrected chi connectivity index (χ1v) is 8.32. The summed E-state index contributed by atoms with van der Waals surface area (Å²) in [5, 5.41) is 0. The van der Waals surface area contributed by atoms with Crippen molar-refractivity contribution in [1.29, 1.82) is 0 Å². The van der Waals surface area contributed by atoms with Crippen molar-refractivity contribution < 1.29 is 19.1 Å². The number of rotatable bonds is 5. The zero-order chi connectivity index (χ0) is 18.4. The lowest BCUT2D eigenvalue weighted by Gasteiger charge is -2.10. The number of benzene rings is 2. The van der Waals surface area contributed by atoms with E-state index in [1.807, 2.05) is 32.0 Å². The number of amides is 2. The Bertz CT molecular complexity index is 772. The number of methoxy groups -OCH3 is 1. The van der Waals surface area contributed by atoms with E-state index in [-0.39, 0.29) is 6.61 Å². The molecule has 6 nitrogen and oxygen atoms in total. The number of carbonyl (C=O) groups excluding carboxylic acids is 2. The zero-order valence-corrected chi connectivity index (χ0v) is 15.8. The van der Waals surface area contributed by atoms with E-state index in [9.17, 15) is 9.59 Å². The van der Waals surface area contributed by atoms with Gasteiger partial charge in [-0.15, -0.1) is 0 Å². The summed E-state index contributed by atoms with van der Waals surface area (Å²) in [4.78, 5) is 23.8. The molecule has 0 aliphatic carbocycles. The topological polar surface area (TPSA) is 76.7 Å². The lowest BCUT2D eigenvalue weighted by atomic mass is 10.1. The van der Waals surface area contributed by atoms with Crippen molar-refractivity contribution in [2.45, 2.75) is 13.8 Å². The van der Waals surface area contributed by atoms with Crippen LogP contribution in [0.2, 0.25) is 0 Å². The summed E-state index contributed by atoms with van der Waals surface area (Å²) in [6.07, 6.45) is 0. The van der Waals surface area contributed by atoms with E-state index in [2.05, 4.69) is 26.8 Å². The fourth-order valence-electron chi connectivity index (χ4n) is 2.21. The fourth-order valence-corrected chi connectivity index (χ4v) is 2.75. The molecule has 2 aromatic rings. The Morgan fingerprint density at radius 3 is 2.32 bits per heavy atom. The number of aryl methyl sites for hydroxylation is 2. The highest BCUT2D eigenvalue weighted by molar-refractivity contribution is 9.10. The van der Waals surface area contributed by atoms with Gasteiger partial charge in [0, 0.05) is 5.56 Å². The molecule has 0 radical (unpaired) electrons. The molecule has 0 saturated carbocycles. The Morgan fingerprint density at radius 1 is 1.04 bits per heavy atom. The Hall–Kier alpha value is -2.54. The second kappa shape index (κ2) is 8.53. The minimum absolute atomic E-state index is 0.199. The van der Waals surface area contributed by atoms with E-state index < -0.39 is 11.8 Å². The number of hydrazine groups is 1. The van der Waals surface area contributed by atoms with Gasteiger partial charge in [0.25, 0.3) is 11.8 Å². The molecule has 132 valence electrons. The number of carbonyl (C=O) groups is 2. The smallest absolute Gasteiger partial charge is 0.276 e. The molecule has 2 N–H and O–H groups in total. The minimum Gasteiger partial charge on any atom is -0.496 e. The second-order valence-electron chi connectivity index (χ2n) is 5.46. The third kappa shape index (κ3) is 5.49. The molecule has 25 heavy (non-hydrogen) atoms. The molecule has 0 unspecified atom stereocenters. The highest BCUT2D eigenvalue weighted by Gasteiger charge is 2.10. The average Bonchev–Trinajstić information content (AvgIpc) is 2.57. The molecule has 0 aliphatic heterocycles. The van der Waals surface area contributed by atoms with Crippen molar-refractivity contribution in [2.75, 3.05) is 13.7 Å². The number of nitrogens with one attached hydrogen (secondary N) is 2. The van der Waals surface area contributed by atoms with Crippen LogP contribution in [-0.2, 0) is 4.79 Å². The van der Waals surface area contributed by atoms with E-state index in [0.717, 1.165) is 11.1 Å². The molecule has 0 saturated heterocycles.